The molecule has 1 N–H and O–H groups in total. The highest BCUT2D eigenvalue weighted by molar-refractivity contribution is 5.76. The van der Waals surface area contributed by atoms with E-state index in [0.29, 0.717) is 12.5 Å². The van der Waals surface area contributed by atoms with Gasteiger partial charge in [-0.2, -0.15) is 0 Å². The minimum atomic E-state index is 0.227. The summed E-state index contributed by atoms with van der Waals surface area (Å²) >= 11 is 0. The van der Waals surface area contributed by atoms with Gasteiger partial charge in [0.05, 0.1) is 6.10 Å². The minimum Gasteiger partial charge on any atom is -0.376 e. The Kier molecular flexibility index (Phi) is 7.28. The van der Waals surface area contributed by atoms with E-state index in [1.807, 2.05) is 4.90 Å². The summed E-state index contributed by atoms with van der Waals surface area (Å²) < 4.78 is 5.68. The van der Waals surface area contributed by atoms with Crippen molar-refractivity contribution in [1.82, 2.24) is 10.2 Å². The Labute approximate surface area is 111 Å². The van der Waals surface area contributed by atoms with Crippen molar-refractivity contribution in [1.29, 1.82) is 0 Å². The molecule has 0 radical (unpaired) electrons. The van der Waals surface area contributed by atoms with Crippen molar-refractivity contribution >= 4 is 5.91 Å². The second kappa shape index (κ2) is 8.48. The molecule has 0 spiro atoms. The third kappa shape index (κ3) is 5.83. The molecule has 1 fully saturated rings. The van der Waals surface area contributed by atoms with Crippen LogP contribution in [0.15, 0.2) is 0 Å². The van der Waals surface area contributed by atoms with Crippen LogP contribution in [0.1, 0.15) is 46.5 Å². The predicted octanol–water partition coefficient (Wildman–Crippen LogP) is 1.79. The predicted molar refractivity (Wildman–Crippen MR) is 73.6 cm³/mol. The molecule has 1 rings (SSSR count). The van der Waals surface area contributed by atoms with Gasteiger partial charge in [-0.25, -0.2) is 0 Å². The van der Waals surface area contributed by atoms with E-state index in [0.717, 1.165) is 45.5 Å². The number of ether oxygens (including phenoxy) is 1. The average molecular weight is 256 g/mol. The molecule has 1 aliphatic rings. The first-order chi connectivity index (χ1) is 8.63. The van der Waals surface area contributed by atoms with Crippen LogP contribution in [0, 0.1) is 0 Å². The molecule has 1 saturated heterocycles. The average Bonchev–Trinajstić information content (AvgIpc) is 2.59. The zero-order valence-corrected chi connectivity index (χ0v) is 12.1. The van der Waals surface area contributed by atoms with Crippen LogP contribution >= 0.6 is 0 Å². The van der Waals surface area contributed by atoms with Gasteiger partial charge in [-0.05, 0) is 25.8 Å². The second-order valence-electron chi connectivity index (χ2n) is 5.31. The van der Waals surface area contributed by atoms with Crippen LogP contribution < -0.4 is 5.32 Å². The molecule has 1 atom stereocenters. The van der Waals surface area contributed by atoms with Gasteiger partial charge >= 0.3 is 0 Å². The molecule has 1 aliphatic heterocycles. The Balaban J connectivity index is 2.26. The molecule has 1 unspecified atom stereocenters. The highest BCUT2D eigenvalue weighted by Gasteiger charge is 2.20. The van der Waals surface area contributed by atoms with Crippen LogP contribution in [0.2, 0.25) is 0 Å². The minimum absolute atomic E-state index is 0.227. The topological polar surface area (TPSA) is 41.6 Å². The lowest BCUT2D eigenvalue weighted by molar-refractivity contribution is -0.132. The highest BCUT2D eigenvalue weighted by atomic mass is 16.5. The van der Waals surface area contributed by atoms with Gasteiger partial charge in [-0.15, -0.1) is 0 Å². The lowest BCUT2D eigenvalue weighted by atomic mass is 10.2. The van der Waals surface area contributed by atoms with E-state index in [4.69, 9.17) is 4.74 Å². The van der Waals surface area contributed by atoms with Crippen molar-refractivity contribution in [2.24, 2.45) is 0 Å². The van der Waals surface area contributed by atoms with Gasteiger partial charge in [0.15, 0.2) is 0 Å². The number of carbonyl (C=O) groups excluding carboxylic acids is 1. The quantitative estimate of drug-likeness (QED) is 0.737. The molecule has 0 aliphatic carbocycles. The molecule has 106 valence electrons. The van der Waals surface area contributed by atoms with Gasteiger partial charge in [0.1, 0.15) is 0 Å². The number of amides is 1. The van der Waals surface area contributed by atoms with E-state index >= 15 is 0 Å². The molecule has 0 aromatic heterocycles. The summed E-state index contributed by atoms with van der Waals surface area (Å²) in [6, 6.07) is 0.496. The first-order valence-corrected chi connectivity index (χ1v) is 7.26. The van der Waals surface area contributed by atoms with Gasteiger partial charge < -0.3 is 15.0 Å². The fourth-order valence-corrected chi connectivity index (χ4v) is 2.16. The van der Waals surface area contributed by atoms with Gasteiger partial charge in [-0.3, -0.25) is 4.79 Å². The number of nitrogens with zero attached hydrogens (tertiary/aromatic N) is 1. The van der Waals surface area contributed by atoms with Crippen LogP contribution in [-0.4, -0.2) is 49.2 Å². The summed E-state index contributed by atoms with van der Waals surface area (Å²) in [4.78, 5) is 14.1. The molecule has 0 aromatic carbocycles. The molecule has 4 nitrogen and oxygen atoms in total. The number of nitrogens with one attached hydrogen (secondary N) is 1. The lowest BCUT2D eigenvalue weighted by Crippen LogP contribution is -2.37. The third-order valence-electron chi connectivity index (χ3n) is 3.28. The molecule has 4 heteroatoms. The first-order valence-electron chi connectivity index (χ1n) is 7.26. The van der Waals surface area contributed by atoms with Crippen molar-refractivity contribution in [2.75, 3.05) is 26.2 Å². The number of carbonyl (C=O) groups is 1. The molecule has 0 aromatic rings. The summed E-state index contributed by atoms with van der Waals surface area (Å²) in [7, 11) is 0. The SMILES string of the molecule is CCC1CN(C(=O)CCCNC(C)C)CCCO1. The molecule has 1 amide bonds. The van der Waals surface area contributed by atoms with Crippen molar-refractivity contribution in [2.45, 2.75) is 58.6 Å². The van der Waals surface area contributed by atoms with E-state index in [1.165, 1.54) is 0 Å². The molecule has 1 heterocycles. The molecular formula is C14H28N2O2. The summed E-state index contributed by atoms with van der Waals surface area (Å²) in [5, 5.41) is 3.34. The van der Waals surface area contributed by atoms with Gasteiger partial charge in [-0.1, -0.05) is 20.8 Å². The third-order valence-corrected chi connectivity index (χ3v) is 3.28. The Morgan fingerprint density at radius 3 is 2.94 bits per heavy atom. The molecule has 0 saturated carbocycles. The maximum absolute atomic E-state index is 12.1. The fourth-order valence-electron chi connectivity index (χ4n) is 2.16. The van der Waals surface area contributed by atoms with Gasteiger partial charge in [0.25, 0.3) is 0 Å². The van der Waals surface area contributed by atoms with Crippen LogP contribution in [-0.2, 0) is 9.53 Å². The van der Waals surface area contributed by atoms with E-state index in [9.17, 15) is 4.79 Å². The first kappa shape index (κ1) is 15.4. The van der Waals surface area contributed by atoms with Crippen LogP contribution in [0.25, 0.3) is 0 Å². The monoisotopic (exact) mass is 256 g/mol. The van der Waals surface area contributed by atoms with E-state index in [1.54, 1.807) is 0 Å². The Bertz CT molecular complexity index is 244. The zero-order valence-electron chi connectivity index (χ0n) is 12.1. The van der Waals surface area contributed by atoms with Gasteiger partial charge in [0.2, 0.25) is 5.91 Å². The van der Waals surface area contributed by atoms with Crippen molar-refractivity contribution < 1.29 is 9.53 Å². The summed E-state index contributed by atoms with van der Waals surface area (Å²) in [6.07, 6.45) is 3.75. The Morgan fingerprint density at radius 2 is 2.28 bits per heavy atom. The standard InChI is InChI=1S/C14H28N2O2/c1-4-13-11-16(9-6-10-18-13)14(17)7-5-8-15-12(2)3/h12-13,15H,4-11H2,1-3H3. The Hall–Kier alpha value is -0.610. The molecule has 0 bridgehead atoms. The van der Waals surface area contributed by atoms with Crippen molar-refractivity contribution in [3.8, 4) is 0 Å². The zero-order chi connectivity index (χ0) is 13.4. The van der Waals surface area contributed by atoms with Crippen LogP contribution in [0.5, 0.6) is 0 Å². The van der Waals surface area contributed by atoms with E-state index in [-0.39, 0.29) is 12.0 Å². The van der Waals surface area contributed by atoms with E-state index in [2.05, 4.69) is 26.1 Å². The van der Waals surface area contributed by atoms with Crippen molar-refractivity contribution in [3.63, 3.8) is 0 Å². The van der Waals surface area contributed by atoms with Crippen LogP contribution in [0.3, 0.4) is 0 Å². The molecular weight excluding hydrogens is 228 g/mol. The maximum Gasteiger partial charge on any atom is 0.222 e. The second-order valence-corrected chi connectivity index (χ2v) is 5.31. The lowest BCUT2D eigenvalue weighted by Gasteiger charge is -2.23. The normalized spacial score (nSPS) is 21.1. The smallest absolute Gasteiger partial charge is 0.222 e. The van der Waals surface area contributed by atoms with Gasteiger partial charge in [0, 0.05) is 32.2 Å². The summed E-state index contributed by atoms with van der Waals surface area (Å²) in [5.74, 6) is 0.282. The maximum atomic E-state index is 12.1. The Morgan fingerprint density at radius 1 is 1.50 bits per heavy atom. The van der Waals surface area contributed by atoms with Crippen molar-refractivity contribution in [3.05, 3.63) is 0 Å². The summed E-state index contributed by atoms with van der Waals surface area (Å²) in [5.41, 5.74) is 0. The fraction of sp³-hybridized carbons (Fsp3) is 0.929. The number of hydrogen-bond acceptors (Lipinski definition) is 3. The number of hydrogen-bond donors (Lipinski definition) is 1. The van der Waals surface area contributed by atoms with E-state index < -0.39 is 0 Å². The summed E-state index contributed by atoms with van der Waals surface area (Å²) in [6.45, 7) is 9.70. The highest BCUT2D eigenvalue weighted by Crippen LogP contribution is 2.10. The molecule has 18 heavy (non-hydrogen) atoms. The number of rotatable bonds is 6. The van der Waals surface area contributed by atoms with Crippen LogP contribution in [0.4, 0.5) is 0 Å². The largest absolute Gasteiger partial charge is 0.376 e.